The molecule has 0 aromatic carbocycles. The van der Waals surface area contributed by atoms with Crippen LogP contribution < -0.4 is 5.32 Å². The van der Waals surface area contributed by atoms with Crippen LogP contribution in [0.25, 0.3) is 0 Å². The number of allylic oxidation sites excluding steroid dienone is 1. The van der Waals surface area contributed by atoms with Crippen molar-refractivity contribution in [3.05, 3.63) is 12.2 Å². The van der Waals surface area contributed by atoms with Gasteiger partial charge in [-0.2, -0.15) is 0 Å². The summed E-state index contributed by atoms with van der Waals surface area (Å²) in [5.41, 5.74) is 0. The van der Waals surface area contributed by atoms with E-state index in [1.807, 2.05) is 0 Å². The first-order valence-corrected chi connectivity index (χ1v) is 25.7. The Kier molecular flexibility index (Phi) is 34.6. The van der Waals surface area contributed by atoms with Gasteiger partial charge in [-0.05, 0) is 19.3 Å². The number of carbonyl (C=O) groups is 1. The molecule has 0 saturated heterocycles. The number of aliphatic hydroxyl groups is 7. The predicted octanol–water partition coefficient (Wildman–Crippen LogP) is 8.20. The molecule has 8 atom stereocenters. The second-order valence-corrected chi connectivity index (χ2v) is 18.9. The quantitative estimate of drug-likeness (QED) is 0.0161. The highest BCUT2D eigenvalue weighted by Gasteiger charge is 2.51. The van der Waals surface area contributed by atoms with Crippen LogP contribution in [0.5, 0.6) is 0 Å². The summed E-state index contributed by atoms with van der Waals surface area (Å²) in [6.07, 6.45) is 24.4. The number of hydrogen-bond donors (Lipinski definition) is 9. The Morgan fingerprint density at radius 2 is 0.950 bits per heavy atom. The van der Waals surface area contributed by atoms with Crippen LogP contribution in [0, 0.1) is 0 Å². The molecule has 1 aliphatic carbocycles. The first-order chi connectivity index (χ1) is 28.8. The largest absolute Gasteiger partial charge is 0.472 e. The van der Waals surface area contributed by atoms with Gasteiger partial charge in [0.2, 0.25) is 5.91 Å². The van der Waals surface area contributed by atoms with Gasteiger partial charge in [0.25, 0.3) is 0 Å². The van der Waals surface area contributed by atoms with Gasteiger partial charge in [0.05, 0.1) is 31.3 Å². The summed E-state index contributed by atoms with van der Waals surface area (Å²) < 4.78 is 22.9. The van der Waals surface area contributed by atoms with Crippen molar-refractivity contribution in [3.63, 3.8) is 0 Å². The molecule has 356 valence electrons. The molecule has 13 nitrogen and oxygen atoms in total. The Hall–Kier alpha value is -0.960. The highest BCUT2D eigenvalue weighted by atomic mass is 31.2. The number of phosphoric ester groups is 1. The minimum atomic E-state index is -5.14. The lowest BCUT2D eigenvalue weighted by atomic mass is 9.85. The normalized spacial score (nSPS) is 23.4. The number of unbranched alkanes of at least 4 members (excludes halogenated alkanes) is 27. The van der Waals surface area contributed by atoms with Gasteiger partial charge in [0, 0.05) is 0 Å². The zero-order valence-corrected chi connectivity index (χ0v) is 38.5. The molecule has 1 amide bonds. The molecule has 1 rings (SSSR count). The van der Waals surface area contributed by atoms with Crippen LogP contribution in [-0.2, 0) is 18.4 Å². The van der Waals surface area contributed by atoms with E-state index in [1.54, 1.807) is 6.08 Å². The number of amides is 1. The Morgan fingerprint density at radius 3 is 1.37 bits per heavy atom. The molecule has 8 unspecified atom stereocenters. The maximum atomic E-state index is 13.0. The second-order valence-electron chi connectivity index (χ2n) is 17.5. The fraction of sp³-hybridized carbons (Fsp3) is 0.935. The highest BCUT2D eigenvalue weighted by Crippen LogP contribution is 2.47. The SMILES string of the molecule is CCCCCCCCCCCCCCCCC/C=C/C(O)C(COP(=O)(O)OC1C(O)C(O)C(O)C(O)C1O)NC(=O)CC(O)CCCCCCCCCCCCCCC. The maximum Gasteiger partial charge on any atom is 0.472 e. The molecule has 0 spiro atoms. The van der Waals surface area contributed by atoms with Crippen molar-refractivity contribution in [1.82, 2.24) is 5.32 Å². The van der Waals surface area contributed by atoms with Gasteiger partial charge in [0.15, 0.2) is 0 Å². The highest BCUT2D eigenvalue weighted by molar-refractivity contribution is 7.47. The Labute approximate surface area is 363 Å². The van der Waals surface area contributed by atoms with Crippen molar-refractivity contribution in [2.75, 3.05) is 6.61 Å². The standard InChI is InChI=1S/C46H90NO12P/c1-3-5-7-9-11-13-15-17-18-19-20-22-24-26-28-30-32-34-39(49)38(36-58-60(56,57)59-46-44(54)42(52)41(51)43(53)45(46)55)47-40(50)35-37(48)33-31-29-27-25-23-21-16-14-12-10-8-6-4-2/h32,34,37-39,41-46,48-49,51-55H,3-31,33,35-36H2,1-2H3,(H,47,50)(H,56,57)/b34-32+. The van der Waals surface area contributed by atoms with E-state index in [0.29, 0.717) is 12.8 Å². The predicted molar refractivity (Wildman–Crippen MR) is 238 cm³/mol. The lowest BCUT2D eigenvalue weighted by molar-refractivity contribution is -0.220. The van der Waals surface area contributed by atoms with Crippen molar-refractivity contribution in [3.8, 4) is 0 Å². The number of phosphoric acid groups is 1. The lowest BCUT2D eigenvalue weighted by Gasteiger charge is -2.41. The third kappa shape index (κ3) is 28.0. The first-order valence-electron chi connectivity index (χ1n) is 24.2. The fourth-order valence-corrected chi connectivity index (χ4v) is 8.86. The van der Waals surface area contributed by atoms with Gasteiger partial charge in [0.1, 0.15) is 36.6 Å². The number of aliphatic hydroxyl groups excluding tert-OH is 7. The molecule has 60 heavy (non-hydrogen) atoms. The van der Waals surface area contributed by atoms with E-state index >= 15 is 0 Å². The molecule has 1 fully saturated rings. The van der Waals surface area contributed by atoms with E-state index in [2.05, 4.69) is 19.2 Å². The van der Waals surface area contributed by atoms with Crippen molar-refractivity contribution < 1.29 is 59.0 Å². The van der Waals surface area contributed by atoms with Crippen LogP contribution in [0.2, 0.25) is 0 Å². The smallest absolute Gasteiger partial charge is 0.393 e. The van der Waals surface area contributed by atoms with E-state index < -0.39 is 75.2 Å². The topological polar surface area (TPSA) is 226 Å². The third-order valence-corrected chi connectivity index (χ3v) is 12.9. The van der Waals surface area contributed by atoms with Gasteiger partial charge in [-0.15, -0.1) is 0 Å². The molecule has 0 radical (unpaired) electrons. The lowest BCUT2D eigenvalue weighted by Crippen LogP contribution is -2.64. The zero-order chi connectivity index (χ0) is 44.4. The summed E-state index contributed by atoms with van der Waals surface area (Å²) >= 11 is 0. The van der Waals surface area contributed by atoms with Crippen LogP contribution in [-0.4, -0.2) is 108 Å². The van der Waals surface area contributed by atoms with E-state index in [0.717, 1.165) is 44.9 Å². The van der Waals surface area contributed by atoms with Crippen molar-refractivity contribution in [2.45, 2.75) is 268 Å². The number of carbonyl (C=O) groups excluding carboxylic acids is 1. The van der Waals surface area contributed by atoms with Gasteiger partial charge in [-0.3, -0.25) is 13.8 Å². The monoisotopic (exact) mass is 880 g/mol. The maximum absolute atomic E-state index is 13.0. The van der Waals surface area contributed by atoms with Gasteiger partial charge in [-0.25, -0.2) is 4.57 Å². The number of rotatable bonds is 40. The van der Waals surface area contributed by atoms with Crippen LogP contribution in [0.1, 0.15) is 213 Å². The molecule has 0 aromatic rings. The van der Waals surface area contributed by atoms with Gasteiger partial charge >= 0.3 is 7.82 Å². The summed E-state index contributed by atoms with van der Waals surface area (Å²) in [7, 11) is -5.14. The van der Waals surface area contributed by atoms with E-state index in [-0.39, 0.29) is 6.42 Å². The number of nitrogens with one attached hydrogen (secondary N) is 1. The minimum Gasteiger partial charge on any atom is -0.393 e. The van der Waals surface area contributed by atoms with Crippen LogP contribution >= 0.6 is 7.82 Å². The molecular formula is C46H90NO12P. The fourth-order valence-electron chi connectivity index (χ4n) is 7.89. The van der Waals surface area contributed by atoms with Gasteiger partial charge < -0.3 is 46.0 Å². The average Bonchev–Trinajstić information content (AvgIpc) is 3.22. The van der Waals surface area contributed by atoms with Crippen molar-refractivity contribution in [2.24, 2.45) is 0 Å². The Morgan fingerprint density at radius 1 is 0.583 bits per heavy atom. The summed E-state index contributed by atoms with van der Waals surface area (Å²) in [5, 5.41) is 74.5. The molecule has 0 heterocycles. The van der Waals surface area contributed by atoms with Crippen molar-refractivity contribution >= 4 is 13.7 Å². The van der Waals surface area contributed by atoms with Crippen LogP contribution in [0.3, 0.4) is 0 Å². The third-order valence-electron chi connectivity index (χ3n) is 11.9. The number of hydrogen-bond acceptors (Lipinski definition) is 11. The van der Waals surface area contributed by atoms with Crippen molar-refractivity contribution in [1.29, 1.82) is 0 Å². The Bertz CT molecular complexity index is 1090. The average molecular weight is 880 g/mol. The summed E-state index contributed by atoms with van der Waals surface area (Å²) in [6, 6.07) is -1.23. The molecule has 0 bridgehead atoms. The van der Waals surface area contributed by atoms with E-state index in [4.69, 9.17) is 9.05 Å². The first kappa shape index (κ1) is 57.1. The summed E-state index contributed by atoms with van der Waals surface area (Å²) in [6.45, 7) is 3.75. The van der Waals surface area contributed by atoms with Crippen LogP contribution in [0.4, 0.5) is 0 Å². The molecule has 14 heteroatoms. The van der Waals surface area contributed by atoms with Crippen LogP contribution in [0.15, 0.2) is 12.2 Å². The molecule has 9 N–H and O–H groups in total. The Balaban J connectivity index is 2.53. The molecule has 1 aliphatic rings. The second kappa shape index (κ2) is 36.4. The zero-order valence-electron chi connectivity index (χ0n) is 37.6. The van der Waals surface area contributed by atoms with E-state index in [1.165, 1.54) is 141 Å². The summed E-state index contributed by atoms with van der Waals surface area (Å²) in [5.74, 6) is -0.590. The molecule has 1 saturated carbocycles. The molecule has 0 aliphatic heterocycles. The molecular weight excluding hydrogens is 789 g/mol. The van der Waals surface area contributed by atoms with Gasteiger partial charge in [-0.1, -0.05) is 199 Å². The molecule has 0 aromatic heterocycles. The van der Waals surface area contributed by atoms with E-state index in [9.17, 15) is 50.0 Å². The summed E-state index contributed by atoms with van der Waals surface area (Å²) in [4.78, 5) is 23.4. The minimum absolute atomic E-state index is 0.240.